The van der Waals surface area contributed by atoms with Crippen LogP contribution in [0.5, 0.6) is 5.75 Å². The molecule has 6 heteroatoms. The van der Waals surface area contributed by atoms with Gasteiger partial charge in [0.15, 0.2) is 0 Å². The van der Waals surface area contributed by atoms with Gasteiger partial charge in [-0.1, -0.05) is 24.3 Å². The zero-order valence-corrected chi connectivity index (χ0v) is 12.7. The van der Waals surface area contributed by atoms with Gasteiger partial charge in [0, 0.05) is 28.6 Å². The van der Waals surface area contributed by atoms with Gasteiger partial charge in [-0.25, -0.2) is 8.42 Å². The summed E-state index contributed by atoms with van der Waals surface area (Å²) in [7, 11) is 3.27. The average molecular weight is 315 g/mol. The molecule has 0 aliphatic rings. The van der Waals surface area contributed by atoms with Crippen molar-refractivity contribution in [3.63, 3.8) is 0 Å². The maximum absolute atomic E-state index is 11.6. The van der Waals surface area contributed by atoms with E-state index in [1.165, 1.54) is 6.07 Å². The zero-order valence-electron chi connectivity index (χ0n) is 11.2. The van der Waals surface area contributed by atoms with Crippen LogP contribution in [0.15, 0.2) is 41.3 Å². The number of halogens is 1. The molecule has 0 heterocycles. The second-order valence-electron chi connectivity index (χ2n) is 4.40. The minimum Gasteiger partial charge on any atom is -0.490 e. The van der Waals surface area contributed by atoms with E-state index < -0.39 is 9.05 Å². The molecule has 2 aromatic carbocycles. The first-order chi connectivity index (χ1) is 9.43. The first kappa shape index (κ1) is 15.1. The van der Waals surface area contributed by atoms with Crippen molar-refractivity contribution in [1.29, 1.82) is 0 Å². The van der Waals surface area contributed by atoms with Crippen LogP contribution in [0.3, 0.4) is 0 Å². The Kier molecular flexibility index (Phi) is 4.52. The molecule has 20 heavy (non-hydrogen) atoms. The van der Waals surface area contributed by atoms with Crippen molar-refractivity contribution in [2.24, 2.45) is 0 Å². The molecular formula is C14H15ClO4S. The Morgan fingerprint density at radius 1 is 1.15 bits per heavy atom. The molecule has 2 rings (SSSR count). The second kappa shape index (κ2) is 5.99. The molecule has 0 radical (unpaired) electrons. The Bertz CT molecular complexity index is 712. The van der Waals surface area contributed by atoms with E-state index in [1.54, 1.807) is 31.4 Å². The largest absolute Gasteiger partial charge is 0.490 e. The van der Waals surface area contributed by atoms with Gasteiger partial charge in [-0.15, -0.1) is 0 Å². The van der Waals surface area contributed by atoms with E-state index in [9.17, 15) is 8.42 Å². The lowest BCUT2D eigenvalue weighted by molar-refractivity contribution is 0.0722. The molecule has 1 unspecified atom stereocenters. The summed E-state index contributed by atoms with van der Waals surface area (Å²) in [5.74, 6) is 0.605. The molecule has 0 aromatic heterocycles. The summed E-state index contributed by atoms with van der Waals surface area (Å²) in [6, 6.07) is 10.2. The first-order valence-corrected chi connectivity index (χ1v) is 8.36. The maximum atomic E-state index is 11.6. The van der Waals surface area contributed by atoms with Crippen molar-refractivity contribution in [2.45, 2.75) is 17.9 Å². The number of ether oxygens (including phenoxy) is 2. The lowest BCUT2D eigenvalue weighted by Crippen LogP contribution is -2.16. The number of hydrogen-bond donors (Lipinski definition) is 0. The number of fused-ring (bicyclic) bond motifs is 1. The highest BCUT2D eigenvalue weighted by atomic mass is 35.7. The fourth-order valence-electron chi connectivity index (χ4n) is 1.86. The third kappa shape index (κ3) is 3.23. The van der Waals surface area contributed by atoms with Crippen LogP contribution in [0, 0.1) is 0 Å². The lowest BCUT2D eigenvalue weighted by Gasteiger charge is -2.14. The van der Waals surface area contributed by atoms with Gasteiger partial charge in [0.25, 0.3) is 9.05 Å². The van der Waals surface area contributed by atoms with Crippen LogP contribution in [-0.4, -0.2) is 28.2 Å². The van der Waals surface area contributed by atoms with Gasteiger partial charge in [-0.3, -0.25) is 0 Å². The predicted octanol–water partition coefficient (Wildman–Crippen LogP) is 3.18. The highest BCUT2D eigenvalue weighted by Gasteiger charge is 2.16. The number of rotatable bonds is 5. The van der Waals surface area contributed by atoms with Crippen LogP contribution in [0.1, 0.15) is 6.92 Å². The minimum atomic E-state index is -3.79. The molecule has 0 aliphatic carbocycles. The third-order valence-corrected chi connectivity index (χ3v) is 4.36. The Hall–Kier alpha value is -1.30. The molecule has 0 fully saturated rings. The predicted molar refractivity (Wildman–Crippen MR) is 79.0 cm³/mol. The molecule has 0 aliphatic heterocycles. The maximum Gasteiger partial charge on any atom is 0.261 e. The van der Waals surface area contributed by atoms with Gasteiger partial charge in [0.1, 0.15) is 12.4 Å². The van der Waals surface area contributed by atoms with E-state index in [-0.39, 0.29) is 11.0 Å². The summed E-state index contributed by atoms with van der Waals surface area (Å²) in [6.07, 6.45) is -0.0507. The van der Waals surface area contributed by atoms with Crippen LogP contribution in [-0.2, 0) is 13.8 Å². The average Bonchev–Trinajstić information content (AvgIpc) is 2.43. The van der Waals surface area contributed by atoms with Gasteiger partial charge in [0.05, 0.1) is 11.0 Å². The fraction of sp³-hybridized carbons (Fsp3) is 0.286. The van der Waals surface area contributed by atoms with Crippen molar-refractivity contribution >= 4 is 30.5 Å². The standard InChI is InChI=1S/C14H15ClO4S/c1-10(18-2)9-19-13-7-8-14(20(15,16)17)12-6-4-3-5-11(12)13/h3-8,10H,9H2,1-2H3. The highest BCUT2D eigenvalue weighted by molar-refractivity contribution is 8.14. The molecular weight excluding hydrogens is 300 g/mol. The summed E-state index contributed by atoms with van der Waals surface area (Å²) in [6.45, 7) is 2.27. The molecule has 0 saturated carbocycles. The van der Waals surface area contributed by atoms with Crippen LogP contribution in [0.2, 0.25) is 0 Å². The minimum absolute atomic E-state index is 0.0507. The van der Waals surface area contributed by atoms with Crippen LogP contribution in [0.4, 0.5) is 0 Å². The lowest BCUT2D eigenvalue weighted by atomic mass is 10.1. The van der Waals surface area contributed by atoms with Gasteiger partial charge in [0.2, 0.25) is 0 Å². The SMILES string of the molecule is COC(C)COc1ccc(S(=O)(=O)Cl)c2ccccc12. The molecule has 0 N–H and O–H groups in total. The first-order valence-electron chi connectivity index (χ1n) is 6.05. The molecule has 108 valence electrons. The van der Waals surface area contributed by atoms with Gasteiger partial charge in [-0.05, 0) is 19.1 Å². The van der Waals surface area contributed by atoms with E-state index >= 15 is 0 Å². The second-order valence-corrected chi connectivity index (χ2v) is 6.94. The Balaban J connectivity index is 2.49. The topological polar surface area (TPSA) is 52.6 Å². The molecule has 4 nitrogen and oxygen atoms in total. The van der Waals surface area contributed by atoms with Crippen LogP contribution < -0.4 is 4.74 Å². The van der Waals surface area contributed by atoms with Crippen LogP contribution in [0.25, 0.3) is 10.8 Å². The molecule has 0 spiro atoms. The number of hydrogen-bond acceptors (Lipinski definition) is 4. The van der Waals surface area contributed by atoms with E-state index in [0.29, 0.717) is 23.1 Å². The quantitative estimate of drug-likeness (QED) is 0.795. The molecule has 1 atom stereocenters. The summed E-state index contributed by atoms with van der Waals surface area (Å²) in [4.78, 5) is 0.0851. The monoisotopic (exact) mass is 314 g/mol. The summed E-state index contributed by atoms with van der Waals surface area (Å²) in [5, 5.41) is 1.25. The molecule has 2 aromatic rings. The van der Waals surface area contributed by atoms with Crippen molar-refractivity contribution in [3.8, 4) is 5.75 Å². The number of benzene rings is 2. The van der Waals surface area contributed by atoms with E-state index in [0.717, 1.165) is 0 Å². The fourth-order valence-corrected chi connectivity index (χ4v) is 2.93. The highest BCUT2D eigenvalue weighted by Crippen LogP contribution is 2.32. The van der Waals surface area contributed by atoms with Crippen molar-refractivity contribution in [3.05, 3.63) is 36.4 Å². The number of methoxy groups -OCH3 is 1. The third-order valence-electron chi connectivity index (χ3n) is 2.98. The van der Waals surface area contributed by atoms with Crippen LogP contribution >= 0.6 is 10.7 Å². The molecule has 0 bridgehead atoms. The van der Waals surface area contributed by atoms with Gasteiger partial charge < -0.3 is 9.47 Å². The van der Waals surface area contributed by atoms with Gasteiger partial charge in [-0.2, -0.15) is 0 Å². The van der Waals surface area contributed by atoms with E-state index in [4.69, 9.17) is 20.2 Å². The molecule has 0 amide bonds. The van der Waals surface area contributed by atoms with E-state index in [1.807, 2.05) is 13.0 Å². The van der Waals surface area contributed by atoms with Crippen molar-refractivity contribution in [2.75, 3.05) is 13.7 Å². The van der Waals surface area contributed by atoms with Crippen molar-refractivity contribution < 1.29 is 17.9 Å². The van der Waals surface area contributed by atoms with Gasteiger partial charge >= 0.3 is 0 Å². The Morgan fingerprint density at radius 3 is 2.40 bits per heavy atom. The summed E-state index contributed by atoms with van der Waals surface area (Å²) in [5.41, 5.74) is 0. The Morgan fingerprint density at radius 2 is 1.80 bits per heavy atom. The zero-order chi connectivity index (χ0) is 14.8. The smallest absolute Gasteiger partial charge is 0.261 e. The van der Waals surface area contributed by atoms with Crippen molar-refractivity contribution in [1.82, 2.24) is 0 Å². The molecule has 0 saturated heterocycles. The summed E-state index contributed by atoms with van der Waals surface area (Å²) < 4.78 is 33.9. The van der Waals surface area contributed by atoms with E-state index in [2.05, 4.69) is 0 Å². The Labute approximate surface area is 122 Å². The normalized spacial score (nSPS) is 13.3. The summed E-state index contributed by atoms with van der Waals surface area (Å²) >= 11 is 0.